The highest BCUT2D eigenvalue weighted by Crippen LogP contribution is 2.59. The van der Waals surface area contributed by atoms with E-state index in [1.165, 1.54) is 14.2 Å². The number of aromatic nitrogens is 4. The van der Waals surface area contributed by atoms with Crippen LogP contribution in [-0.2, 0) is 19.1 Å². The molecule has 2 aromatic heterocycles. The van der Waals surface area contributed by atoms with Gasteiger partial charge in [-0.05, 0) is 118 Å². The van der Waals surface area contributed by atoms with Crippen LogP contribution in [0.5, 0.6) is 0 Å². The number of H-pyrrole nitrogens is 2. The first kappa shape index (κ1) is 41.6. The monoisotopic (exact) mass is 864 g/mol. The summed E-state index contributed by atoms with van der Waals surface area (Å²) in [6, 6.07) is 24.0. The molecule has 332 valence electrons. The molecule has 4 amide bonds. The Kier molecular flexibility index (Phi) is 10.2. The van der Waals surface area contributed by atoms with Crippen molar-refractivity contribution in [3.05, 3.63) is 84.4 Å². The molecule has 4 aromatic carbocycles. The highest BCUT2D eigenvalue weighted by Gasteiger charge is 2.62. The number of ether oxygens (including phenoxy) is 2. The fourth-order valence-corrected chi connectivity index (χ4v) is 11.0. The van der Waals surface area contributed by atoms with Crippen LogP contribution in [0.2, 0.25) is 0 Å². The minimum Gasteiger partial charge on any atom is -0.453 e. The molecular formula is C50H56N8O6. The number of hydrogen-bond donors (Lipinski definition) is 4. The maximum absolute atomic E-state index is 14.1. The predicted octanol–water partition coefficient (Wildman–Crippen LogP) is 8.50. The molecule has 2 saturated heterocycles. The second kappa shape index (κ2) is 15.7. The van der Waals surface area contributed by atoms with Crippen molar-refractivity contribution >= 4 is 56.8 Å². The van der Waals surface area contributed by atoms with Gasteiger partial charge in [0.05, 0.1) is 48.4 Å². The average molecular weight is 865 g/mol. The van der Waals surface area contributed by atoms with Gasteiger partial charge < -0.3 is 39.9 Å². The van der Waals surface area contributed by atoms with Crippen LogP contribution in [0.15, 0.2) is 72.8 Å². The second-order valence-electron chi connectivity index (χ2n) is 19.2. The van der Waals surface area contributed by atoms with Gasteiger partial charge in [-0.3, -0.25) is 9.59 Å². The Morgan fingerprint density at radius 2 is 0.969 bits per heavy atom. The minimum atomic E-state index is -0.694. The maximum atomic E-state index is 14.1. The fourth-order valence-electron chi connectivity index (χ4n) is 11.0. The number of aromatic amines is 2. The van der Waals surface area contributed by atoms with Crippen molar-refractivity contribution < 1.29 is 28.7 Å². The normalized spacial score (nSPS) is 25.4. The molecule has 14 nitrogen and oxygen atoms in total. The fraction of sp³-hybridized carbons (Fsp3) is 0.440. The average Bonchev–Trinajstić information content (AvgIpc) is 3.74. The lowest BCUT2D eigenvalue weighted by Gasteiger charge is -2.32. The molecule has 2 aliphatic heterocycles. The predicted molar refractivity (Wildman–Crippen MR) is 244 cm³/mol. The van der Waals surface area contributed by atoms with Gasteiger partial charge in [-0.1, -0.05) is 77.9 Å². The number of carbonyl (C=O) groups is 4. The zero-order chi connectivity index (χ0) is 44.9. The molecule has 2 aliphatic carbocycles. The third-order valence-electron chi connectivity index (χ3n) is 14.8. The molecule has 14 heteroatoms. The molecule has 4 N–H and O–H groups in total. The first-order valence-electron chi connectivity index (χ1n) is 22.6. The first-order chi connectivity index (χ1) is 30.7. The third kappa shape index (κ3) is 7.01. The molecule has 0 bridgehead atoms. The molecule has 6 aromatic rings. The van der Waals surface area contributed by atoms with Crippen LogP contribution < -0.4 is 10.6 Å². The number of carbonyl (C=O) groups excluding carboxylic acids is 4. The van der Waals surface area contributed by atoms with E-state index in [2.05, 4.69) is 95.1 Å². The SMILES string of the molecule is COC(=O)N[C@H](C(=O)N1[C@@H]2[C@H](C)[C@@H]2C[C@H]1c1nc2ccc(-c3ccc4cc(-c5ccc6nc([C@@H]7C[C@H]8[C@@H](C)[C@H]8N7C(=O)[C@@H](NC(=O)OC)C(C)C)[nH]c6c5)ccc4c3)cc2[nH]1)C(C)C. The quantitative estimate of drug-likeness (QED) is 0.106. The highest BCUT2D eigenvalue weighted by atomic mass is 16.5. The van der Waals surface area contributed by atoms with Gasteiger partial charge in [0, 0.05) is 12.1 Å². The number of imidazole rings is 2. The Bertz CT molecular complexity index is 2660. The van der Waals surface area contributed by atoms with Crippen LogP contribution in [0.1, 0.15) is 78.1 Å². The smallest absolute Gasteiger partial charge is 0.407 e. The summed E-state index contributed by atoms with van der Waals surface area (Å²) in [5.41, 5.74) is 7.77. The van der Waals surface area contributed by atoms with Crippen molar-refractivity contribution in [2.45, 2.75) is 90.6 Å². The van der Waals surface area contributed by atoms with E-state index in [1.807, 2.05) is 49.6 Å². The van der Waals surface area contributed by atoms with Crippen molar-refractivity contribution in [2.24, 2.45) is 35.5 Å². The van der Waals surface area contributed by atoms with Gasteiger partial charge >= 0.3 is 12.2 Å². The lowest BCUT2D eigenvalue weighted by Crippen LogP contribution is -2.52. The van der Waals surface area contributed by atoms with Crippen molar-refractivity contribution in [1.29, 1.82) is 0 Å². The Hall–Kier alpha value is -6.44. The van der Waals surface area contributed by atoms with E-state index in [-0.39, 0.29) is 47.8 Å². The Morgan fingerprint density at radius 3 is 1.34 bits per heavy atom. The van der Waals surface area contributed by atoms with Gasteiger partial charge in [0.2, 0.25) is 11.8 Å². The van der Waals surface area contributed by atoms with Crippen molar-refractivity contribution in [1.82, 2.24) is 40.4 Å². The highest BCUT2D eigenvalue weighted by molar-refractivity contribution is 5.94. The molecule has 2 saturated carbocycles. The Morgan fingerprint density at radius 1 is 0.594 bits per heavy atom. The number of methoxy groups -OCH3 is 2. The summed E-state index contributed by atoms with van der Waals surface area (Å²) >= 11 is 0. The minimum absolute atomic E-state index is 0.0987. The summed E-state index contributed by atoms with van der Waals surface area (Å²) in [4.78, 5) is 73.6. The number of rotatable bonds is 10. The van der Waals surface area contributed by atoms with E-state index in [1.54, 1.807) is 0 Å². The molecule has 10 atom stereocenters. The van der Waals surface area contributed by atoms with Crippen molar-refractivity contribution in [3.8, 4) is 22.3 Å². The molecule has 10 rings (SSSR count). The summed E-state index contributed by atoms with van der Waals surface area (Å²) in [7, 11) is 2.62. The molecule has 4 fully saturated rings. The van der Waals surface area contributed by atoms with E-state index in [4.69, 9.17) is 19.4 Å². The molecule has 4 aliphatic rings. The summed E-state index contributed by atoms with van der Waals surface area (Å²) < 4.78 is 9.69. The molecule has 0 unspecified atom stereocenters. The first-order valence-corrected chi connectivity index (χ1v) is 22.6. The maximum Gasteiger partial charge on any atom is 0.407 e. The largest absolute Gasteiger partial charge is 0.453 e. The van der Waals surface area contributed by atoms with Crippen LogP contribution in [0, 0.1) is 35.5 Å². The van der Waals surface area contributed by atoms with Gasteiger partial charge in [-0.15, -0.1) is 0 Å². The molecule has 0 spiro atoms. The lowest BCUT2D eigenvalue weighted by molar-refractivity contribution is -0.137. The van der Waals surface area contributed by atoms with Crippen LogP contribution >= 0.6 is 0 Å². The summed E-state index contributed by atoms with van der Waals surface area (Å²) in [6.07, 6.45) is 0.435. The standard InChI is InChI=1S/C50H56N8O6/c1-23(2)41(55-49(61)63-7)47(59)57-39(21-33-25(5)43(33)57)45-51-35-15-13-31(19-37(35)53-45)29-11-9-28-18-30(12-10-27(28)17-29)32-14-16-36-38(20-32)54-46(52-36)40-22-34-26(6)44(34)58(40)48(60)42(24(3)4)56-50(62)64-8/h9-20,23-26,33-34,39-44H,21-22H2,1-8H3,(H,51,53)(H,52,54)(H,55,61)(H,56,62)/t25-,26-,33+,34+,39+,40+,41+,42+,43-,44-/m1/s1. The number of amides is 4. The summed E-state index contributed by atoms with van der Waals surface area (Å²) in [6.45, 7) is 12.1. The number of fused-ring (bicyclic) bond motifs is 5. The summed E-state index contributed by atoms with van der Waals surface area (Å²) in [5, 5.41) is 7.77. The number of benzene rings is 4. The van der Waals surface area contributed by atoms with E-state index >= 15 is 0 Å². The zero-order valence-corrected chi connectivity index (χ0v) is 37.5. The van der Waals surface area contributed by atoms with Gasteiger partial charge in [-0.25, -0.2) is 19.6 Å². The lowest BCUT2D eigenvalue weighted by atomic mass is 9.97. The number of nitrogens with one attached hydrogen (secondary N) is 4. The van der Waals surface area contributed by atoms with Crippen molar-refractivity contribution in [2.75, 3.05) is 14.2 Å². The van der Waals surface area contributed by atoms with Crippen LogP contribution in [0.25, 0.3) is 55.1 Å². The van der Waals surface area contributed by atoms with Gasteiger partial charge in [0.25, 0.3) is 0 Å². The number of piperidine rings is 2. The van der Waals surface area contributed by atoms with E-state index in [9.17, 15) is 19.2 Å². The molecule has 4 heterocycles. The third-order valence-corrected chi connectivity index (χ3v) is 14.8. The van der Waals surface area contributed by atoms with Gasteiger partial charge in [0.1, 0.15) is 23.7 Å². The number of hydrogen-bond acceptors (Lipinski definition) is 8. The van der Waals surface area contributed by atoms with Gasteiger partial charge in [-0.2, -0.15) is 0 Å². The van der Waals surface area contributed by atoms with Crippen molar-refractivity contribution in [3.63, 3.8) is 0 Å². The molecule has 64 heavy (non-hydrogen) atoms. The number of likely N-dealkylation sites (tertiary alicyclic amines) is 2. The molecule has 0 radical (unpaired) electrons. The topological polar surface area (TPSA) is 175 Å². The Labute approximate surface area is 371 Å². The van der Waals surface area contributed by atoms with E-state index < -0.39 is 24.3 Å². The van der Waals surface area contributed by atoms with E-state index in [0.29, 0.717) is 23.7 Å². The summed E-state index contributed by atoms with van der Waals surface area (Å²) in [5.74, 6) is 2.75. The van der Waals surface area contributed by atoms with Crippen LogP contribution in [0.4, 0.5) is 9.59 Å². The van der Waals surface area contributed by atoms with Gasteiger partial charge in [0.15, 0.2) is 0 Å². The van der Waals surface area contributed by atoms with Crippen LogP contribution in [-0.4, -0.2) is 92.1 Å². The Balaban J connectivity index is 0.875. The zero-order valence-electron chi connectivity index (χ0n) is 37.5. The second-order valence-corrected chi connectivity index (χ2v) is 19.2. The number of nitrogens with zero attached hydrogens (tertiary/aromatic N) is 4. The van der Waals surface area contributed by atoms with Crippen LogP contribution in [0.3, 0.4) is 0 Å². The number of alkyl carbamates (subject to hydrolysis) is 2. The molecular weight excluding hydrogens is 809 g/mol. The van der Waals surface area contributed by atoms with E-state index in [0.717, 1.165) is 79.6 Å².